The van der Waals surface area contributed by atoms with Gasteiger partial charge in [-0.25, -0.2) is 4.79 Å². The summed E-state index contributed by atoms with van der Waals surface area (Å²) in [4.78, 5) is 27.1. The normalized spacial score (nSPS) is 10.5. The van der Waals surface area contributed by atoms with E-state index in [1.165, 1.54) is 0 Å². The van der Waals surface area contributed by atoms with E-state index in [-0.39, 0.29) is 11.9 Å². The molecular weight excluding hydrogens is 340 g/mol. The third-order valence-corrected chi connectivity index (χ3v) is 3.98. The molecule has 0 spiro atoms. The molecule has 7 heteroatoms. The number of carbonyl (C=O) groups is 2. The minimum atomic E-state index is -0.351. The molecule has 6 nitrogen and oxygen atoms in total. The number of carbonyl (C=O) groups excluding carboxylic acids is 2. The van der Waals surface area contributed by atoms with Crippen LogP contribution in [0, 0.1) is 0 Å². The van der Waals surface area contributed by atoms with Crippen LogP contribution in [-0.4, -0.2) is 23.5 Å². The number of hydrogen-bond acceptors (Lipinski definition) is 2. The quantitative estimate of drug-likeness (QED) is 0.564. The van der Waals surface area contributed by atoms with Crippen molar-refractivity contribution in [3.05, 3.63) is 59.2 Å². The van der Waals surface area contributed by atoms with Crippen LogP contribution in [0.5, 0.6) is 0 Å². The number of urea groups is 1. The summed E-state index contributed by atoms with van der Waals surface area (Å²) in [5.74, 6) is -0.351. The average molecular weight is 357 g/mol. The number of halogens is 1. The molecule has 1 heterocycles. The zero-order valence-corrected chi connectivity index (χ0v) is 14.3. The topological polar surface area (TPSA) is 86.0 Å². The fourth-order valence-corrected chi connectivity index (χ4v) is 2.77. The summed E-state index contributed by atoms with van der Waals surface area (Å²) in [6.07, 6.45) is 0. The number of aromatic amines is 1. The van der Waals surface area contributed by atoms with E-state index in [2.05, 4.69) is 20.9 Å². The van der Waals surface area contributed by atoms with E-state index < -0.39 is 0 Å². The zero-order chi connectivity index (χ0) is 17.8. The Bertz CT molecular complexity index is 936. The lowest BCUT2D eigenvalue weighted by Crippen LogP contribution is -2.28. The maximum Gasteiger partial charge on any atom is 0.319 e. The Labute approximate surface area is 149 Å². The summed E-state index contributed by atoms with van der Waals surface area (Å²) in [7, 11) is 0. The molecule has 0 bridgehead atoms. The highest BCUT2D eigenvalue weighted by atomic mass is 35.5. The van der Waals surface area contributed by atoms with Crippen molar-refractivity contribution in [1.82, 2.24) is 10.3 Å². The molecule has 0 atom stereocenters. The predicted octanol–water partition coefficient (Wildman–Crippen LogP) is 4.22. The van der Waals surface area contributed by atoms with Crippen molar-refractivity contribution < 1.29 is 9.59 Å². The molecule has 0 saturated carbocycles. The second-order valence-electron chi connectivity index (χ2n) is 5.38. The van der Waals surface area contributed by atoms with Crippen LogP contribution in [0.25, 0.3) is 10.9 Å². The van der Waals surface area contributed by atoms with Gasteiger partial charge >= 0.3 is 6.03 Å². The van der Waals surface area contributed by atoms with E-state index >= 15 is 0 Å². The molecule has 3 amide bonds. The molecule has 3 rings (SSSR count). The number of nitrogens with one attached hydrogen (secondary N) is 4. The molecule has 0 aliphatic rings. The van der Waals surface area contributed by atoms with Crippen molar-refractivity contribution in [3.63, 3.8) is 0 Å². The van der Waals surface area contributed by atoms with Gasteiger partial charge in [-0.2, -0.15) is 0 Å². The molecular formula is C18H17ClN4O2. The summed E-state index contributed by atoms with van der Waals surface area (Å²) < 4.78 is 0. The van der Waals surface area contributed by atoms with E-state index in [4.69, 9.17) is 11.6 Å². The lowest BCUT2D eigenvalue weighted by Gasteiger charge is -2.09. The molecule has 4 N–H and O–H groups in total. The number of para-hydroxylation sites is 1. The summed E-state index contributed by atoms with van der Waals surface area (Å²) in [5.41, 5.74) is 2.22. The fourth-order valence-electron chi connectivity index (χ4n) is 2.47. The Morgan fingerprint density at radius 2 is 1.76 bits per heavy atom. The van der Waals surface area contributed by atoms with Crippen molar-refractivity contribution in [2.24, 2.45) is 0 Å². The monoisotopic (exact) mass is 356 g/mol. The first-order chi connectivity index (χ1) is 12.1. The molecule has 2 aromatic carbocycles. The van der Waals surface area contributed by atoms with Crippen LogP contribution in [-0.2, 0) is 0 Å². The SMILES string of the molecule is CCNC(=O)Nc1cccc(NC(=O)c2[nH]c3ccccc3c2Cl)c1. The van der Waals surface area contributed by atoms with Crippen molar-refractivity contribution in [2.45, 2.75) is 6.92 Å². The van der Waals surface area contributed by atoms with Crippen LogP contribution in [0.2, 0.25) is 5.02 Å². The van der Waals surface area contributed by atoms with Crippen molar-refractivity contribution in [2.75, 3.05) is 17.2 Å². The van der Waals surface area contributed by atoms with Crippen LogP contribution in [0.1, 0.15) is 17.4 Å². The number of benzene rings is 2. The third kappa shape index (κ3) is 3.75. The Morgan fingerprint density at radius 1 is 1.04 bits per heavy atom. The fraction of sp³-hybridized carbons (Fsp3) is 0.111. The van der Waals surface area contributed by atoms with Gasteiger partial charge in [-0.3, -0.25) is 4.79 Å². The van der Waals surface area contributed by atoms with E-state index in [1.807, 2.05) is 31.2 Å². The van der Waals surface area contributed by atoms with Gasteiger partial charge in [-0.1, -0.05) is 35.9 Å². The molecule has 0 aliphatic carbocycles. The zero-order valence-electron chi connectivity index (χ0n) is 13.5. The van der Waals surface area contributed by atoms with Gasteiger partial charge in [-0.15, -0.1) is 0 Å². The van der Waals surface area contributed by atoms with E-state index in [9.17, 15) is 9.59 Å². The van der Waals surface area contributed by atoms with Gasteiger partial charge in [0.25, 0.3) is 5.91 Å². The number of H-pyrrole nitrogens is 1. The lowest BCUT2D eigenvalue weighted by atomic mass is 10.2. The summed E-state index contributed by atoms with van der Waals surface area (Å²) in [6.45, 7) is 2.36. The van der Waals surface area contributed by atoms with Crippen LogP contribution >= 0.6 is 11.6 Å². The molecule has 0 saturated heterocycles. The van der Waals surface area contributed by atoms with Gasteiger partial charge in [0.1, 0.15) is 5.69 Å². The van der Waals surface area contributed by atoms with Crippen molar-refractivity contribution >= 4 is 45.8 Å². The minimum absolute atomic E-state index is 0.296. The smallest absolute Gasteiger partial charge is 0.319 e. The molecule has 0 radical (unpaired) electrons. The van der Waals surface area contributed by atoms with Crippen molar-refractivity contribution in [1.29, 1.82) is 0 Å². The van der Waals surface area contributed by atoms with E-state index in [0.29, 0.717) is 28.6 Å². The first-order valence-electron chi connectivity index (χ1n) is 7.81. The van der Waals surface area contributed by atoms with Crippen molar-refractivity contribution in [3.8, 4) is 0 Å². The summed E-state index contributed by atoms with van der Waals surface area (Å²) in [5, 5.41) is 9.29. The first-order valence-corrected chi connectivity index (χ1v) is 8.18. The molecule has 0 fully saturated rings. The van der Waals surface area contributed by atoms with Gasteiger partial charge in [0, 0.05) is 28.8 Å². The molecule has 1 aromatic heterocycles. The predicted molar refractivity (Wildman–Crippen MR) is 100 cm³/mol. The standard InChI is InChI=1S/C18H17ClN4O2/c1-2-20-18(25)22-12-7-5-6-11(10-12)21-17(24)16-15(19)13-8-3-4-9-14(13)23-16/h3-10,23H,2H2,1H3,(H,21,24)(H2,20,22,25). The van der Waals surface area contributed by atoms with Gasteiger partial charge < -0.3 is 20.9 Å². The molecule has 25 heavy (non-hydrogen) atoms. The first kappa shape index (κ1) is 16.9. The van der Waals surface area contributed by atoms with Gasteiger partial charge in [0.15, 0.2) is 0 Å². The number of aromatic nitrogens is 1. The second kappa shape index (κ2) is 7.27. The van der Waals surface area contributed by atoms with E-state index in [1.54, 1.807) is 24.3 Å². The van der Waals surface area contributed by atoms with Crippen LogP contribution in [0.4, 0.5) is 16.2 Å². The summed E-state index contributed by atoms with van der Waals surface area (Å²) in [6, 6.07) is 14.0. The Hall–Kier alpha value is -2.99. The lowest BCUT2D eigenvalue weighted by molar-refractivity contribution is 0.102. The van der Waals surface area contributed by atoms with Crippen LogP contribution < -0.4 is 16.0 Å². The summed E-state index contributed by atoms with van der Waals surface area (Å²) >= 11 is 6.30. The number of amides is 3. The molecule has 3 aromatic rings. The number of fused-ring (bicyclic) bond motifs is 1. The largest absolute Gasteiger partial charge is 0.349 e. The molecule has 0 aliphatic heterocycles. The maximum atomic E-state index is 12.5. The van der Waals surface area contributed by atoms with E-state index in [0.717, 1.165) is 10.9 Å². The number of hydrogen-bond donors (Lipinski definition) is 4. The Balaban J connectivity index is 1.78. The van der Waals surface area contributed by atoms with Crippen LogP contribution in [0.15, 0.2) is 48.5 Å². The molecule has 128 valence electrons. The Morgan fingerprint density at radius 3 is 2.48 bits per heavy atom. The Kier molecular flexibility index (Phi) is 4.90. The van der Waals surface area contributed by atoms with Gasteiger partial charge in [0.2, 0.25) is 0 Å². The third-order valence-electron chi connectivity index (χ3n) is 3.59. The molecule has 0 unspecified atom stereocenters. The number of rotatable bonds is 4. The minimum Gasteiger partial charge on any atom is -0.349 e. The van der Waals surface area contributed by atoms with Crippen LogP contribution in [0.3, 0.4) is 0 Å². The number of anilines is 2. The average Bonchev–Trinajstić information content (AvgIpc) is 2.93. The second-order valence-corrected chi connectivity index (χ2v) is 5.76. The van der Waals surface area contributed by atoms with Gasteiger partial charge in [0.05, 0.1) is 5.02 Å². The maximum absolute atomic E-state index is 12.5. The van der Waals surface area contributed by atoms with Gasteiger partial charge in [-0.05, 0) is 31.2 Å². The highest BCUT2D eigenvalue weighted by molar-refractivity contribution is 6.39. The highest BCUT2D eigenvalue weighted by Gasteiger charge is 2.16. The highest BCUT2D eigenvalue weighted by Crippen LogP contribution is 2.28.